The molecule has 0 aliphatic heterocycles. The van der Waals surface area contributed by atoms with Gasteiger partial charge in [0.2, 0.25) is 5.91 Å². The Morgan fingerprint density at radius 3 is 2.42 bits per heavy atom. The maximum absolute atomic E-state index is 12.2. The number of nitrogens with two attached hydrogens (primary N) is 1. The van der Waals surface area contributed by atoms with Crippen molar-refractivity contribution in [2.75, 3.05) is 10.6 Å². The van der Waals surface area contributed by atoms with E-state index in [4.69, 9.17) is 5.73 Å². The van der Waals surface area contributed by atoms with Gasteiger partial charge in [-0.05, 0) is 41.8 Å². The summed E-state index contributed by atoms with van der Waals surface area (Å²) < 4.78 is 0. The number of anilines is 2. The average Bonchev–Trinajstić information content (AvgIpc) is 2.66. The van der Waals surface area contributed by atoms with Crippen molar-refractivity contribution in [3.8, 4) is 0 Å². The minimum Gasteiger partial charge on any atom is -0.334 e. The van der Waals surface area contributed by atoms with Crippen LogP contribution in [0.1, 0.15) is 25.8 Å². The fraction of sp³-hybridized carbons (Fsp3) is 0.316. The van der Waals surface area contributed by atoms with Crippen LogP contribution in [0.5, 0.6) is 0 Å². The Hall–Kier alpha value is -2.93. The molecule has 7 nitrogen and oxygen atoms in total. The van der Waals surface area contributed by atoms with E-state index in [2.05, 4.69) is 20.9 Å². The largest absolute Gasteiger partial charge is 0.334 e. The van der Waals surface area contributed by atoms with Crippen molar-refractivity contribution >= 4 is 23.3 Å². The van der Waals surface area contributed by atoms with Crippen molar-refractivity contribution in [3.05, 3.63) is 54.4 Å². The van der Waals surface area contributed by atoms with E-state index in [9.17, 15) is 9.59 Å². The van der Waals surface area contributed by atoms with E-state index in [0.717, 1.165) is 12.0 Å². The van der Waals surface area contributed by atoms with Crippen molar-refractivity contribution in [1.29, 1.82) is 0 Å². The highest BCUT2D eigenvalue weighted by molar-refractivity contribution is 5.96. The van der Waals surface area contributed by atoms with Gasteiger partial charge in [0.1, 0.15) is 0 Å². The summed E-state index contributed by atoms with van der Waals surface area (Å²) in [5.41, 5.74) is 8.05. The zero-order chi connectivity index (χ0) is 18.9. The summed E-state index contributed by atoms with van der Waals surface area (Å²) >= 11 is 0. The predicted octanol–water partition coefficient (Wildman–Crippen LogP) is 2.72. The number of hydrogen-bond acceptors (Lipinski definition) is 4. The van der Waals surface area contributed by atoms with Crippen LogP contribution in [0, 0.1) is 5.92 Å². The highest BCUT2D eigenvalue weighted by atomic mass is 16.2. The molecule has 1 aromatic heterocycles. The summed E-state index contributed by atoms with van der Waals surface area (Å²) in [7, 11) is 0. The molecule has 26 heavy (non-hydrogen) atoms. The van der Waals surface area contributed by atoms with Crippen LogP contribution < -0.4 is 21.7 Å². The molecular weight excluding hydrogens is 330 g/mol. The molecule has 0 bridgehead atoms. The molecule has 0 fully saturated rings. The minimum absolute atomic E-state index is 0.0928. The maximum atomic E-state index is 12.2. The van der Waals surface area contributed by atoms with Crippen molar-refractivity contribution in [2.24, 2.45) is 11.7 Å². The standard InChI is InChI=1S/C19H25N5O2/c1-3-13(2)17(20)18(25)23-15-5-4-6-16(11-15)24-19(26)22-12-14-7-9-21-10-8-14/h4-11,13,17H,3,12,20H2,1-2H3,(H,23,25)(H2,22,24,26). The molecular formula is C19H25N5O2. The van der Waals surface area contributed by atoms with Gasteiger partial charge >= 0.3 is 6.03 Å². The van der Waals surface area contributed by atoms with Crippen molar-refractivity contribution in [2.45, 2.75) is 32.9 Å². The second kappa shape index (κ2) is 9.53. The summed E-state index contributed by atoms with van der Waals surface area (Å²) in [6, 6.07) is 9.70. The number of benzene rings is 1. The molecule has 2 aromatic rings. The molecule has 0 aliphatic rings. The molecule has 138 valence electrons. The first-order valence-electron chi connectivity index (χ1n) is 8.60. The van der Waals surface area contributed by atoms with E-state index in [1.54, 1.807) is 36.7 Å². The van der Waals surface area contributed by atoms with Crippen LogP contribution in [0.15, 0.2) is 48.8 Å². The highest BCUT2D eigenvalue weighted by Crippen LogP contribution is 2.16. The zero-order valence-electron chi connectivity index (χ0n) is 15.0. The van der Waals surface area contributed by atoms with Gasteiger partial charge in [0.15, 0.2) is 0 Å². The maximum Gasteiger partial charge on any atom is 0.319 e. The fourth-order valence-corrected chi connectivity index (χ4v) is 2.27. The topological polar surface area (TPSA) is 109 Å². The molecule has 0 saturated carbocycles. The average molecular weight is 355 g/mol. The second-order valence-electron chi connectivity index (χ2n) is 6.14. The number of nitrogens with zero attached hydrogens (tertiary/aromatic N) is 1. The van der Waals surface area contributed by atoms with Gasteiger partial charge in [-0.2, -0.15) is 0 Å². The van der Waals surface area contributed by atoms with Crippen LogP contribution in [-0.4, -0.2) is 23.0 Å². The number of nitrogens with one attached hydrogen (secondary N) is 3. The summed E-state index contributed by atoms with van der Waals surface area (Å²) in [4.78, 5) is 28.1. The second-order valence-corrected chi connectivity index (χ2v) is 6.14. The van der Waals surface area contributed by atoms with Crippen LogP contribution in [0.3, 0.4) is 0 Å². The predicted molar refractivity (Wildman–Crippen MR) is 103 cm³/mol. The molecule has 1 heterocycles. The van der Waals surface area contributed by atoms with Gasteiger partial charge in [0.05, 0.1) is 6.04 Å². The Morgan fingerprint density at radius 1 is 1.12 bits per heavy atom. The number of carbonyl (C=O) groups is 2. The first kappa shape index (κ1) is 19.4. The molecule has 0 saturated heterocycles. The molecule has 0 radical (unpaired) electrons. The van der Waals surface area contributed by atoms with Crippen LogP contribution >= 0.6 is 0 Å². The van der Waals surface area contributed by atoms with Crippen molar-refractivity contribution in [3.63, 3.8) is 0 Å². The third-order valence-electron chi connectivity index (χ3n) is 4.15. The van der Waals surface area contributed by atoms with E-state index in [1.807, 2.05) is 26.0 Å². The summed E-state index contributed by atoms with van der Waals surface area (Å²) in [5, 5.41) is 8.29. The van der Waals surface area contributed by atoms with Crippen LogP contribution in [0.2, 0.25) is 0 Å². The van der Waals surface area contributed by atoms with E-state index < -0.39 is 6.04 Å². The van der Waals surface area contributed by atoms with Gasteiger partial charge in [-0.3, -0.25) is 9.78 Å². The number of amides is 3. The molecule has 0 spiro atoms. The van der Waals surface area contributed by atoms with Crippen molar-refractivity contribution in [1.82, 2.24) is 10.3 Å². The van der Waals surface area contributed by atoms with E-state index in [1.165, 1.54) is 0 Å². The van der Waals surface area contributed by atoms with E-state index in [0.29, 0.717) is 17.9 Å². The van der Waals surface area contributed by atoms with Crippen LogP contribution in [0.4, 0.5) is 16.2 Å². The molecule has 3 amide bonds. The first-order valence-corrected chi connectivity index (χ1v) is 8.60. The molecule has 1 aromatic carbocycles. The lowest BCUT2D eigenvalue weighted by Gasteiger charge is -2.18. The highest BCUT2D eigenvalue weighted by Gasteiger charge is 2.19. The fourth-order valence-electron chi connectivity index (χ4n) is 2.27. The molecule has 0 aliphatic carbocycles. The monoisotopic (exact) mass is 355 g/mol. The van der Waals surface area contributed by atoms with Gasteiger partial charge in [-0.15, -0.1) is 0 Å². The lowest BCUT2D eigenvalue weighted by Crippen LogP contribution is -2.40. The SMILES string of the molecule is CCC(C)C(N)C(=O)Nc1cccc(NC(=O)NCc2ccncc2)c1. The third-order valence-corrected chi connectivity index (χ3v) is 4.15. The quantitative estimate of drug-likeness (QED) is 0.612. The van der Waals surface area contributed by atoms with Gasteiger partial charge in [0.25, 0.3) is 0 Å². The Labute approximate surface area is 153 Å². The Morgan fingerprint density at radius 2 is 1.77 bits per heavy atom. The zero-order valence-corrected chi connectivity index (χ0v) is 15.0. The smallest absolute Gasteiger partial charge is 0.319 e. The summed E-state index contributed by atoms with van der Waals surface area (Å²) in [6.45, 7) is 4.33. The van der Waals surface area contributed by atoms with Crippen molar-refractivity contribution < 1.29 is 9.59 Å². The van der Waals surface area contributed by atoms with Gasteiger partial charge in [-0.1, -0.05) is 26.3 Å². The molecule has 5 N–H and O–H groups in total. The first-order chi connectivity index (χ1) is 12.5. The minimum atomic E-state index is -0.569. The molecule has 2 unspecified atom stereocenters. The lowest BCUT2D eigenvalue weighted by molar-refractivity contribution is -0.118. The third kappa shape index (κ3) is 5.86. The number of aromatic nitrogens is 1. The number of rotatable bonds is 7. The van der Waals surface area contributed by atoms with E-state index in [-0.39, 0.29) is 17.9 Å². The Bertz CT molecular complexity index is 736. The number of urea groups is 1. The van der Waals surface area contributed by atoms with Gasteiger partial charge < -0.3 is 21.7 Å². The lowest BCUT2D eigenvalue weighted by atomic mass is 9.99. The molecule has 7 heteroatoms. The van der Waals surface area contributed by atoms with Gasteiger partial charge in [0, 0.05) is 30.3 Å². The Balaban J connectivity index is 1.90. The van der Waals surface area contributed by atoms with Gasteiger partial charge in [-0.25, -0.2) is 4.79 Å². The molecule has 2 rings (SSSR count). The van der Waals surface area contributed by atoms with E-state index >= 15 is 0 Å². The number of hydrogen-bond donors (Lipinski definition) is 4. The Kier molecular flexibility index (Phi) is 7.11. The normalized spacial score (nSPS) is 12.7. The summed E-state index contributed by atoms with van der Waals surface area (Å²) in [6.07, 6.45) is 4.17. The van der Waals surface area contributed by atoms with Crippen LogP contribution in [0.25, 0.3) is 0 Å². The summed E-state index contributed by atoms with van der Waals surface area (Å²) in [5.74, 6) is -0.145. The number of carbonyl (C=O) groups excluding carboxylic acids is 2. The number of pyridine rings is 1. The van der Waals surface area contributed by atoms with Crippen LogP contribution in [-0.2, 0) is 11.3 Å². The molecule has 2 atom stereocenters.